The molecule has 2 aromatic heterocycles. The van der Waals surface area contributed by atoms with E-state index in [0.717, 1.165) is 37.3 Å². The summed E-state index contributed by atoms with van der Waals surface area (Å²) in [5.41, 5.74) is 1.72. The van der Waals surface area contributed by atoms with Gasteiger partial charge in [-0.1, -0.05) is 18.2 Å². The highest BCUT2D eigenvalue weighted by Gasteiger charge is 2.33. The largest absolute Gasteiger partial charge is 0.347 e. The number of piperidine rings is 1. The molecule has 3 heterocycles. The molecule has 0 aliphatic carbocycles. The van der Waals surface area contributed by atoms with E-state index in [2.05, 4.69) is 10.2 Å². The second-order valence-corrected chi connectivity index (χ2v) is 6.41. The monoisotopic (exact) mass is 335 g/mol. The van der Waals surface area contributed by atoms with Crippen molar-refractivity contribution in [2.75, 3.05) is 6.54 Å². The molecule has 1 unspecified atom stereocenters. The fraction of sp³-hybridized carbons (Fsp3) is 0.316. The first-order chi connectivity index (χ1) is 12.3. The minimum atomic E-state index is -0.0566. The van der Waals surface area contributed by atoms with Gasteiger partial charge in [-0.25, -0.2) is 0 Å². The van der Waals surface area contributed by atoms with Crippen LogP contribution in [-0.2, 0) is 7.05 Å². The summed E-state index contributed by atoms with van der Waals surface area (Å²) in [5.74, 6) is 0.883. The lowest BCUT2D eigenvalue weighted by Crippen LogP contribution is -2.40. The summed E-state index contributed by atoms with van der Waals surface area (Å²) in [6.45, 7) is 0.746. The molecule has 0 spiro atoms. The van der Waals surface area contributed by atoms with Crippen LogP contribution >= 0.6 is 0 Å². The van der Waals surface area contributed by atoms with Crippen molar-refractivity contribution in [2.45, 2.75) is 25.3 Å². The molecule has 4 rings (SSSR count). The van der Waals surface area contributed by atoms with Crippen molar-refractivity contribution in [3.8, 4) is 5.69 Å². The van der Waals surface area contributed by atoms with E-state index < -0.39 is 0 Å². The highest BCUT2D eigenvalue weighted by Crippen LogP contribution is 2.32. The third-order valence-corrected chi connectivity index (χ3v) is 4.83. The molecule has 1 aromatic carbocycles. The molecule has 0 radical (unpaired) electrons. The van der Waals surface area contributed by atoms with Gasteiger partial charge in [0.25, 0.3) is 5.91 Å². The van der Waals surface area contributed by atoms with E-state index in [1.165, 1.54) is 0 Å². The van der Waals surface area contributed by atoms with Gasteiger partial charge in [0.1, 0.15) is 12.0 Å². The number of amides is 1. The van der Waals surface area contributed by atoms with Crippen LogP contribution < -0.4 is 0 Å². The maximum atomic E-state index is 13.1. The number of para-hydroxylation sites is 1. The van der Waals surface area contributed by atoms with Crippen LogP contribution in [0, 0.1) is 0 Å². The van der Waals surface area contributed by atoms with Crippen molar-refractivity contribution in [3.05, 3.63) is 66.5 Å². The van der Waals surface area contributed by atoms with Crippen molar-refractivity contribution >= 4 is 5.91 Å². The molecule has 0 N–H and O–H groups in total. The zero-order valence-corrected chi connectivity index (χ0v) is 14.2. The third kappa shape index (κ3) is 2.84. The van der Waals surface area contributed by atoms with Crippen LogP contribution in [0.2, 0.25) is 0 Å². The minimum absolute atomic E-state index is 0.0554. The number of benzene rings is 1. The standard InChI is InChI=1S/C19H21N5O/c1-22-12-7-11-17(22)19(25)23-13-6-5-10-16(23)18-21-20-14-24(18)15-8-3-2-4-9-15/h2-4,7-9,11-12,14,16H,5-6,10,13H2,1H3. The number of hydrogen-bond donors (Lipinski definition) is 0. The Hall–Kier alpha value is -2.89. The molecule has 6 nitrogen and oxygen atoms in total. The Morgan fingerprint density at radius 2 is 1.96 bits per heavy atom. The van der Waals surface area contributed by atoms with E-state index >= 15 is 0 Å². The Balaban J connectivity index is 1.70. The fourth-order valence-electron chi connectivity index (χ4n) is 3.53. The molecule has 1 aliphatic rings. The van der Waals surface area contributed by atoms with Crippen molar-refractivity contribution in [1.29, 1.82) is 0 Å². The second kappa shape index (κ2) is 6.55. The summed E-state index contributed by atoms with van der Waals surface area (Å²) in [4.78, 5) is 15.0. The van der Waals surface area contributed by atoms with Crippen LogP contribution in [0.3, 0.4) is 0 Å². The maximum absolute atomic E-state index is 13.1. The van der Waals surface area contributed by atoms with Gasteiger partial charge < -0.3 is 9.47 Å². The van der Waals surface area contributed by atoms with Gasteiger partial charge in [-0.2, -0.15) is 0 Å². The second-order valence-electron chi connectivity index (χ2n) is 6.41. The SMILES string of the molecule is Cn1cccc1C(=O)N1CCCCC1c1nncn1-c1ccccc1. The van der Waals surface area contributed by atoms with Crippen LogP contribution in [0.15, 0.2) is 55.0 Å². The number of hydrogen-bond acceptors (Lipinski definition) is 3. The van der Waals surface area contributed by atoms with Crippen LogP contribution in [0.1, 0.15) is 41.6 Å². The summed E-state index contributed by atoms with van der Waals surface area (Å²) >= 11 is 0. The topological polar surface area (TPSA) is 56.0 Å². The zero-order chi connectivity index (χ0) is 17.2. The van der Waals surface area contributed by atoms with E-state index in [1.807, 2.05) is 69.7 Å². The normalized spacial score (nSPS) is 17.6. The first-order valence-electron chi connectivity index (χ1n) is 8.63. The summed E-state index contributed by atoms with van der Waals surface area (Å²) in [6, 6.07) is 13.7. The molecule has 1 fully saturated rings. The van der Waals surface area contributed by atoms with Crippen molar-refractivity contribution in [2.24, 2.45) is 7.05 Å². The number of carbonyl (C=O) groups excluding carboxylic acids is 1. The molecule has 0 saturated carbocycles. The summed E-state index contributed by atoms with van der Waals surface area (Å²) in [6.07, 6.45) is 6.64. The average Bonchev–Trinajstić information content (AvgIpc) is 3.31. The molecule has 1 amide bonds. The van der Waals surface area contributed by atoms with Gasteiger partial charge in [-0.05, 0) is 43.5 Å². The van der Waals surface area contributed by atoms with Crippen LogP contribution in [-0.4, -0.2) is 36.7 Å². The quantitative estimate of drug-likeness (QED) is 0.739. The third-order valence-electron chi connectivity index (χ3n) is 4.83. The number of aryl methyl sites for hydroxylation is 1. The molecule has 1 saturated heterocycles. The highest BCUT2D eigenvalue weighted by atomic mass is 16.2. The molecular weight excluding hydrogens is 314 g/mol. The summed E-state index contributed by atoms with van der Waals surface area (Å²) in [5, 5.41) is 8.48. The van der Waals surface area contributed by atoms with Gasteiger partial charge >= 0.3 is 0 Å². The molecular formula is C19H21N5O. The molecule has 3 aromatic rings. The van der Waals surface area contributed by atoms with E-state index in [1.54, 1.807) is 6.33 Å². The van der Waals surface area contributed by atoms with Gasteiger partial charge in [0.2, 0.25) is 0 Å². The molecule has 6 heteroatoms. The van der Waals surface area contributed by atoms with E-state index in [0.29, 0.717) is 5.69 Å². The van der Waals surface area contributed by atoms with Gasteiger partial charge in [-0.3, -0.25) is 9.36 Å². The van der Waals surface area contributed by atoms with Crippen LogP contribution in [0.5, 0.6) is 0 Å². The number of aromatic nitrogens is 4. The van der Waals surface area contributed by atoms with E-state index in [4.69, 9.17) is 0 Å². The van der Waals surface area contributed by atoms with E-state index in [-0.39, 0.29) is 11.9 Å². The highest BCUT2D eigenvalue weighted by molar-refractivity contribution is 5.93. The Bertz CT molecular complexity index is 867. The number of nitrogens with zero attached hydrogens (tertiary/aromatic N) is 5. The van der Waals surface area contributed by atoms with Crippen LogP contribution in [0.4, 0.5) is 0 Å². The van der Waals surface area contributed by atoms with Gasteiger partial charge in [-0.15, -0.1) is 10.2 Å². The zero-order valence-electron chi connectivity index (χ0n) is 14.2. The van der Waals surface area contributed by atoms with Gasteiger partial charge in [0, 0.05) is 25.5 Å². The Kier molecular flexibility index (Phi) is 4.09. The van der Waals surface area contributed by atoms with Crippen molar-refractivity contribution < 1.29 is 4.79 Å². The van der Waals surface area contributed by atoms with Crippen molar-refractivity contribution in [3.63, 3.8) is 0 Å². The number of carbonyl (C=O) groups is 1. The van der Waals surface area contributed by atoms with Crippen LogP contribution in [0.25, 0.3) is 5.69 Å². The maximum Gasteiger partial charge on any atom is 0.271 e. The Labute approximate surface area is 146 Å². The molecule has 25 heavy (non-hydrogen) atoms. The summed E-state index contributed by atoms with van der Waals surface area (Å²) < 4.78 is 3.86. The Morgan fingerprint density at radius 1 is 1.12 bits per heavy atom. The molecule has 1 atom stereocenters. The first kappa shape index (κ1) is 15.6. The predicted octanol–water partition coefficient (Wildman–Crippen LogP) is 2.97. The molecule has 128 valence electrons. The predicted molar refractivity (Wildman–Crippen MR) is 94.4 cm³/mol. The lowest BCUT2D eigenvalue weighted by molar-refractivity contribution is 0.0587. The Morgan fingerprint density at radius 3 is 2.72 bits per heavy atom. The lowest BCUT2D eigenvalue weighted by Gasteiger charge is -2.35. The van der Waals surface area contributed by atoms with Gasteiger partial charge in [0.15, 0.2) is 5.82 Å². The van der Waals surface area contributed by atoms with Crippen molar-refractivity contribution in [1.82, 2.24) is 24.2 Å². The van der Waals surface area contributed by atoms with E-state index in [9.17, 15) is 4.79 Å². The lowest BCUT2D eigenvalue weighted by atomic mass is 10.0. The smallest absolute Gasteiger partial charge is 0.271 e. The minimum Gasteiger partial charge on any atom is -0.347 e. The molecule has 0 bridgehead atoms. The number of rotatable bonds is 3. The number of likely N-dealkylation sites (tertiary alicyclic amines) is 1. The molecule has 1 aliphatic heterocycles. The summed E-state index contributed by atoms with van der Waals surface area (Å²) in [7, 11) is 1.90. The van der Waals surface area contributed by atoms with Gasteiger partial charge in [0.05, 0.1) is 6.04 Å². The average molecular weight is 335 g/mol. The fourth-order valence-corrected chi connectivity index (χ4v) is 3.53. The first-order valence-corrected chi connectivity index (χ1v) is 8.63.